The second-order valence-corrected chi connectivity index (χ2v) is 4.82. The monoisotopic (exact) mass is 269 g/mol. The van der Waals surface area contributed by atoms with Crippen LogP contribution in [0, 0.1) is 0 Å². The molecule has 5 nitrogen and oxygen atoms in total. The molecule has 1 aromatic rings. The van der Waals surface area contributed by atoms with Crippen LogP contribution in [0.2, 0.25) is 0 Å². The van der Waals surface area contributed by atoms with Crippen LogP contribution in [-0.4, -0.2) is 37.2 Å². The van der Waals surface area contributed by atoms with Crippen molar-refractivity contribution in [2.24, 2.45) is 0 Å². The third-order valence-electron chi connectivity index (χ3n) is 3.17. The first-order valence-corrected chi connectivity index (χ1v) is 7.02. The Balaban J connectivity index is 2.80. The minimum atomic E-state index is 0.236. The number of ether oxygens (including phenoxy) is 2. The van der Waals surface area contributed by atoms with E-state index in [1.807, 2.05) is 18.7 Å². The molecular weight excluding hydrogens is 242 g/mol. The second kappa shape index (κ2) is 8.17. The zero-order valence-electron chi connectivity index (χ0n) is 12.8. The quantitative estimate of drug-likeness (QED) is 0.700. The van der Waals surface area contributed by atoms with Crippen LogP contribution in [0.5, 0.6) is 5.75 Å². The summed E-state index contributed by atoms with van der Waals surface area (Å²) in [6, 6.07) is 0.557. The third-order valence-corrected chi connectivity index (χ3v) is 3.17. The van der Waals surface area contributed by atoms with Crippen molar-refractivity contribution in [2.75, 3.05) is 27.4 Å². The van der Waals surface area contributed by atoms with E-state index in [2.05, 4.69) is 24.3 Å². The summed E-state index contributed by atoms with van der Waals surface area (Å²) in [6.45, 7) is 7.85. The summed E-state index contributed by atoms with van der Waals surface area (Å²) in [6.07, 6.45) is 3.82. The minimum absolute atomic E-state index is 0.236. The van der Waals surface area contributed by atoms with E-state index in [9.17, 15) is 0 Å². The average molecular weight is 269 g/mol. The van der Waals surface area contributed by atoms with Crippen LogP contribution >= 0.6 is 0 Å². The van der Waals surface area contributed by atoms with E-state index < -0.39 is 0 Å². The van der Waals surface area contributed by atoms with Gasteiger partial charge in [-0.25, -0.2) is 0 Å². The van der Waals surface area contributed by atoms with E-state index in [4.69, 9.17) is 9.47 Å². The summed E-state index contributed by atoms with van der Waals surface area (Å²) in [5.41, 5.74) is 1.12. The number of nitrogens with one attached hydrogen (secondary N) is 1. The van der Waals surface area contributed by atoms with Crippen LogP contribution < -0.4 is 10.1 Å². The van der Waals surface area contributed by atoms with E-state index in [1.165, 1.54) is 0 Å². The SMILES string of the molecule is CCOCCCC(NC)c1c(OC)cnn1C(C)C. The predicted molar refractivity (Wildman–Crippen MR) is 76.7 cm³/mol. The van der Waals surface area contributed by atoms with Gasteiger partial charge in [0.2, 0.25) is 0 Å². The van der Waals surface area contributed by atoms with Crippen molar-refractivity contribution in [3.05, 3.63) is 11.9 Å². The van der Waals surface area contributed by atoms with Crippen molar-refractivity contribution in [3.63, 3.8) is 0 Å². The van der Waals surface area contributed by atoms with Gasteiger partial charge in [0.1, 0.15) is 0 Å². The van der Waals surface area contributed by atoms with Gasteiger partial charge in [-0.1, -0.05) is 0 Å². The number of hydrogen-bond acceptors (Lipinski definition) is 4. The van der Waals surface area contributed by atoms with Crippen LogP contribution in [0.4, 0.5) is 0 Å². The first-order valence-electron chi connectivity index (χ1n) is 7.02. The fourth-order valence-corrected chi connectivity index (χ4v) is 2.21. The summed E-state index contributed by atoms with van der Waals surface area (Å²) >= 11 is 0. The van der Waals surface area contributed by atoms with Gasteiger partial charge in [0.05, 0.1) is 25.0 Å². The molecule has 0 saturated heterocycles. The van der Waals surface area contributed by atoms with Gasteiger partial charge in [0.25, 0.3) is 0 Å². The number of rotatable bonds is 9. The summed E-state index contributed by atoms with van der Waals surface area (Å²) in [5.74, 6) is 0.851. The third kappa shape index (κ3) is 4.21. The van der Waals surface area contributed by atoms with Crippen LogP contribution in [0.1, 0.15) is 51.4 Å². The van der Waals surface area contributed by atoms with Gasteiger partial charge >= 0.3 is 0 Å². The lowest BCUT2D eigenvalue weighted by molar-refractivity contribution is 0.140. The van der Waals surface area contributed by atoms with Crippen molar-refractivity contribution in [3.8, 4) is 5.75 Å². The topological polar surface area (TPSA) is 48.3 Å². The lowest BCUT2D eigenvalue weighted by Gasteiger charge is -2.21. The maximum absolute atomic E-state index is 5.43. The van der Waals surface area contributed by atoms with Crippen molar-refractivity contribution in [1.82, 2.24) is 15.1 Å². The molecule has 1 unspecified atom stereocenters. The maximum Gasteiger partial charge on any atom is 0.161 e. The Morgan fingerprint density at radius 2 is 2.16 bits per heavy atom. The molecule has 0 aromatic carbocycles. The molecule has 1 heterocycles. The normalized spacial score (nSPS) is 12.9. The van der Waals surface area contributed by atoms with E-state index in [-0.39, 0.29) is 6.04 Å². The smallest absolute Gasteiger partial charge is 0.161 e. The highest BCUT2D eigenvalue weighted by atomic mass is 16.5. The first-order chi connectivity index (χ1) is 9.15. The summed E-state index contributed by atoms with van der Waals surface area (Å²) in [7, 11) is 3.67. The molecule has 0 radical (unpaired) electrons. The van der Waals surface area contributed by atoms with Gasteiger partial charge in [-0.05, 0) is 40.7 Å². The van der Waals surface area contributed by atoms with Crippen molar-refractivity contribution in [2.45, 2.75) is 45.7 Å². The Morgan fingerprint density at radius 1 is 1.42 bits per heavy atom. The highest BCUT2D eigenvalue weighted by Crippen LogP contribution is 2.29. The van der Waals surface area contributed by atoms with E-state index in [0.29, 0.717) is 6.04 Å². The van der Waals surface area contributed by atoms with Crippen LogP contribution in [-0.2, 0) is 4.74 Å². The Bertz CT molecular complexity index is 364. The molecule has 5 heteroatoms. The molecule has 1 atom stereocenters. The molecule has 0 bridgehead atoms. The summed E-state index contributed by atoms with van der Waals surface area (Å²) < 4.78 is 12.9. The maximum atomic E-state index is 5.43. The molecule has 0 aliphatic carbocycles. The van der Waals surface area contributed by atoms with E-state index in [1.54, 1.807) is 13.3 Å². The van der Waals surface area contributed by atoms with Crippen LogP contribution in [0.25, 0.3) is 0 Å². The molecule has 0 fully saturated rings. The molecule has 0 saturated carbocycles. The molecule has 1 rings (SSSR count). The van der Waals surface area contributed by atoms with Crippen molar-refractivity contribution >= 4 is 0 Å². The molecule has 0 aliphatic rings. The highest BCUT2D eigenvalue weighted by molar-refractivity contribution is 5.28. The molecular formula is C14H27N3O2. The molecule has 0 aliphatic heterocycles. The first kappa shape index (κ1) is 16.0. The summed E-state index contributed by atoms with van der Waals surface area (Å²) in [5, 5.41) is 7.78. The van der Waals surface area contributed by atoms with Gasteiger partial charge in [0.15, 0.2) is 5.75 Å². The van der Waals surface area contributed by atoms with Gasteiger partial charge < -0.3 is 14.8 Å². The van der Waals surface area contributed by atoms with E-state index >= 15 is 0 Å². The van der Waals surface area contributed by atoms with Crippen molar-refractivity contribution < 1.29 is 9.47 Å². The average Bonchev–Trinajstić information content (AvgIpc) is 2.83. The number of hydrogen-bond donors (Lipinski definition) is 1. The lowest BCUT2D eigenvalue weighted by atomic mass is 10.1. The van der Waals surface area contributed by atoms with Gasteiger partial charge in [-0.2, -0.15) is 5.10 Å². The Morgan fingerprint density at radius 3 is 2.68 bits per heavy atom. The molecule has 0 spiro atoms. The van der Waals surface area contributed by atoms with E-state index in [0.717, 1.165) is 37.5 Å². The Hall–Kier alpha value is -1.07. The fourth-order valence-electron chi connectivity index (χ4n) is 2.21. The van der Waals surface area contributed by atoms with Gasteiger partial charge in [0, 0.05) is 19.3 Å². The fraction of sp³-hybridized carbons (Fsp3) is 0.786. The largest absolute Gasteiger partial charge is 0.493 e. The number of methoxy groups -OCH3 is 1. The number of nitrogens with zero attached hydrogens (tertiary/aromatic N) is 2. The molecule has 110 valence electrons. The Kier molecular flexibility index (Phi) is 6.87. The van der Waals surface area contributed by atoms with Crippen LogP contribution in [0.3, 0.4) is 0 Å². The van der Waals surface area contributed by atoms with Gasteiger partial charge in [-0.15, -0.1) is 0 Å². The molecule has 19 heavy (non-hydrogen) atoms. The standard InChI is InChI=1S/C14H27N3O2/c1-6-19-9-7-8-12(15-4)14-13(18-5)10-16-17(14)11(2)3/h10-12,15H,6-9H2,1-5H3. The Labute approximate surface area is 116 Å². The molecule has 0 amide bonds. The predicted octanol–water partition coefficient (Wildman–Crippen LogP) is 2.55. The van der Waals surface area contributed by atoms with Crippen LogP contribution in [0.15, 0.2) is 6.20 Å². The molecule has 1 aromatic heterocycles. The van der Waals surface area contributed by atoms with Gasteiger partial charge in [-0.3, -0.25) is 4.68 Å². The molecule has 1 N–H and O–H groups in total. The second-order valence-electron chi connectivity index (χ2n) is 4.82. The minimum Gasteiger partial charge on any atom is -0.493 e. The zero-order chi connectivity index (χ0) is 14.3. The number of aromatic nitrogens is 2. The highest BCUT2D eigenvalue weighted by Gasteiger charge is 2.21. The van der Waals surface area contributed by atoms with Crippen molar-refractivity contribution in [1.29, 1.82) is 0 Å². The lowest BCUT2D eigenvalue weighted by Crippen LogP contribution is -2.22. The summed E-state index contributed by atoms with van der Waals surface area (Å²) in [4.78, 5) is 0. The zero-order valence-corrected chi connectivity index (χ0v) is 12.8.